The molecule has 2 rings (SSSR count). The molecular weight excluding hydrogens is 204 g/mol. The molecule has 0 aromatic rings. The maximum atomic E-state index is 10.1. The van der Waals surface area contributed by atoms with Gasteiger partial charge in [-0.2, -0.15) is 0 Å². The standard InChI is InChI=1S/C6H13NO.C6H11NO/c2*1-7-3-2-6(4-7)5-8/h6,8H,2-5H2,1H3;5-6H,2-4H2,1H3. The number of nitrogens with zero attached hydrogens (tertiary/aromatic N) is 2. The van der Waals surface area contributed by atoms with Crippen molar-refractivity contribution in [2.24, 2.45) is 11.8 Å². The first kappa shape index (κ1) is 13.6. The van der Waals surface area contributed by atoms with Crippen LogP contribution in [0.3, 0.4) is 0 Å². The Morgan fingerprint density at radius 2 is 1.81 bits per heavy atom. The molecule has 0 radical (unpaired) electrons. The van der Waals surface area contributed by atoms with Gasteiger partial charge in [-0.1, -0.05) is 0 Å². The summed E-state index contributed by atoms with van der Waals surface area (Å²) in [4.78, 5) is 14.6. The predicted octanol–water partition coefficient (Wildman–Crippen LogP) is 0.0674. The largest absolute Gasteiger partial charge is 0.396 e. The number of aliphatic hydroxyl groups is 1. The van der Waals surface area contributed by atoms with Crippen molar-refractivity contribution >= 4 is 6.29 Å². The first-order chi connectivity index (χ1) is 7.65. The van der Waals surface area contributed by atoms with Crippen molar-refractivity contribution in [1.29, 1.82) is 0 Å². The Balaban J connectivity index is 0.000000160. The summed E-state index contributed by atoms with van der Waals surface area (Å²) in [6, 6.07) is 0. The van der Waals surface area contributed by atoms with E-state index in [1.54, 1.807) is 0 Å². The van der Waals surface area contributed by atoms with E-state index in [9.17, 15) is 4.79 Å². The number of carbonyl (C=O) groups is 1. The minimum Gasteiger partial charge on any atom is -0.396 e. The molecule has 16 heavy (non-hydrogen) atoms. The third-order valence-corrected chi connectivity index (χ3v) is 3.37. The quantitative estimate of drug-likeness (QED) is 0.679. The number of likely N-dealkylation sites (tertiary alicyclic amines) is 2. The summed E-state index contributed by atoms with van der Waals surface area (Å²) in [6.07, 6.45) is 3.29. The highest BCUT2D eigenvalue weighted by Crippen LogP contribution is 2.12. The van der Waals surface area contributed by atoms with E-state index in [0.29, 0.717) is 18.4 Å². The minimum atomic E-state index is 0.319. The minimum absolute atomic E-state index is 0.319. The molecule has 0 amide bonds. The Labute approximate surface area is 98.2 Å². The molecule has 0 bridgehead atoms. The van der Waals surface area contributed by atoms with E-state index in [4.69, 9.17) is 5.11 Å². The zero-order chi connectivity index (χ0) is 12.0. The van der Waals surface area contributed by atoms with E-state index in [-0.39, 0.29) is 0 Å². The first-order valence-corrected chi connectivity index (χ1v) is 6.09. The van der Waals surface area contributed by atoms with Gasteiger partial charge in [0.1, 0.15) is 6.29 Å². The van der Waals surface area contributed by atoms with Crippen LogP contribution < -0.4 is 0 Å². The number of hydrogen-bond donors (Lipinski definition) is 1. The monoisotopic (exact) mass is 228 g/mol. The molecular formula is C12H24N2O2. The lowest BCUT2D eigenvalue weighted by molar-refractivity contribution is -0.110. The summed E-state index contributed by atoms with van der Waals surface area (Å²) < 4.78 is 0. The Kier molecular flexibility index (Phi) is 5.95. The Hall–Kier alpha value is -0.450. The zero-order valence-electron chi connectivity index (χ0n) is 10.4. The van der Waals surface area contributed by atoms with Crippen LogP contribution in [-0.2, 0) is 4.79 Å². The van der Waals surface area contributed by atoms with Crippen molar-refractivity contribution in [2.45, 2.75) is 12.8 Å². The van der Waals surface area contributed by atoms with Crippen LogP contribution in [0.25, 0.3) is 0 Å². The third kappa shape index (κ3) is 4.60. The van der Waals surface area contributed by atoms with Crippen molar-refractivity contribution in [3.05, 3.63) is 0 Å². The summed E-state index contributed by atoms with van der Waals surface area (Å²) in [6.45, 7) is 4.65. The van der Waals surface area contributed by atoms with E-state index in [2.05, 4.69) is 16.8 Å². The maximum Gasteiger partial charge on any atom is 0.124 e. The van der Waals surface area contributed by atoms with Crippen molar-refractivity contribution < 1.29 is 9.90 Å². The summed E-state index contributed by atoms with van der Waals surface area (Å²) in [5.74, 6) is 0.875. The van der Waals surface area contributed by atoms with Crippen LogP contribution in [0.15, 0.2) is 0 Å². The van der Waals surface area contributed by atoms with Crippen LogP contribution in [0.5, 0.6) is 0 Å². The van der Waals surface area contributed by atoms with E-state index < -0.39 is 0 Å². The molecule has 2 heterocycles. The second kappa shape index (κ2) is 6.99. The highest BCUT2D eigenvalue weighted by Gasteiger charge is 2.18. The second-order valence-corrected chi connectivity index (χ2v) is 5.05. The Bertz CT molecular complexity index is 211. The van der Waals surface area contributed by atoms with E-state index in [1.165, 1.54) is 6.42 Å². The van der Waals surface area contributed by atoms with Gasteiger partial charge in [-0.05, 0) is 45.9 Å². The Morgan fingerprint density at radius 3 is 2.06 bits per heavy atom. The molecule has 2 saturated heterocycles. The lowest BCUT2D eigenvalue weighted by Gasteiger charge is -2.05. The number of rotatable bonds is 2. The molecule has 0 spiro atoms. The predicted molar refractivity (Wildman–Crippen MR) is 64.4 cm³/mol. The molecule has 0 aromatic heterocycles. The van der Waals surface area contributed by atoms with Gasteiger partial charge < -0.3 is 19.7 Å². The number of hydrogen-bond acceptors (Lipinski definition) is 4. The average Bonchev–Trinajstić information content (AvgIpc) is 2.88. The molecule has 0 aromatic carbocycles. The van der Waals surface area contributed by atoms with Gasteiger partial charge in [-0.3, -0.25) is 0 Å². The summed E-state index contributed by atoms with van der Waals surface area (Å²) in [5.41, 5.74) is 0. The maximum absolute atomic E-state index is 10.1. The fourth-order valence-electron chi connectivity index (χ4n) is 2.26. The van der Waals surface area contributed by atoms with Crippen molar-refractivity contribution in [3.8, 4) is 0 Å². The van der Waals surface area contributed by atoms with Gasteiger partial charge >= 0.3 is 0 Å². The van der Waals surface area contributed by atoms with Crippen molar-refractivity contribution in [3.63, 3.8) is 0 Å². The number of aldehydes is 1. The van der Waals surface area contributed by atoms with Crippen LogP contribution in [0.1, 0.15) is 12.8 Å². The van der Waals surface area contributed by atoms with E-state index >= 15 is 0 Å². The normalized spacial score (nSPS) is 31.2. The summed E-state index contributed by atoms with van der Waals surface area (Å²) in [5, 5.41) is 8.66. The molecule has 2 aliphatic heterocycles. The fourth-order valence-corrected chi connectivity index (χ4v) is 2.26. The lowest BCUT2D eigenvalue weighted by atomic mass is 10.1. The molecule has 2 unspecified atom stereocenters. The zero-order valence-corrected chi connectivity index (χ0v) is 10.4. The van der Waals surface area contributed by atoms with Crippen LogP contribution >= 0.6 is 0 Å². The van der Waals surface area contributed by atoms with Crippen LogP contribution in [0, 0.1) is 11.8 Å². The number of carbonyl (C=O) groups excluding carboxylic acids is 1. The molecule has 2 fully saturated rings. The molecule has 1 N–H and O–H groups in total. The SMILES string of the molecule is CN1CCC(C=O)C1.CN1CCC(CO)C1. The van der Waals surface area contributed by atoms with Crippen molar-refractivity contribution in [1.82, 2.24) is 9.80 Å². The molecule has 4 heteroatoms. The van der Waals surface area contributed by atoms with Gasteiger partial charge in [0.15, 0.2) is 0 Å². The summed E-state index contributed by atoms with van der Waals surface area (Å²) in [7, 11) is 4.14. The van der Waals surface area contributed by atoms with Gasteiger partial charge in [-0.25, -0.2) is 0 Å². The third-order valence-electron chi connectivity index (χ3n) is 3.37. The molecule has 0 aliphatic carbocycles. The van der Waals surface area contributed by atoms with Gasteiger partial charge in [-0.15, -0.1) is 0 Å². The molecule has 94 valence electrons. The van der Waals surface area contributed by atoms with Crippen LogP contribution in [-0.4, -0.2) is 68.1 Å². The van der Waals surface area contributed by atoms with Crippen LogP contribution in [0.4, 0.5) is 0 Å². The molecule has 2 atom stereocenters. The first-order valence-electron chi connectivity index (χ1n) is 6.09. The van der Waals surface area contributed by atoms with Gasteiger partial charge in [0, 0.05) is 25.6 Å². The Morgan fingerprint density at radius 1 is 1.19 bits per heavy atom. The number of aliphatic hydroxyl groups excluding tert-OH is 1. The van der Waals surface area contributed by atoms with Gasteiger partial charge in [0.05, 0.1) is 0 Å². The molecule has 2 aliphatic rings. The second-order valence-electron chi connectivity index (χ2n) is 5.05. The van der Waals surface area contributed by atoms with Gasteiger partial charge in [0.25, 0.3) is 0 Å². The van der Waals surface area contributed by atoms with Crippen molar-refractivity contribution in [2.75, 3.05) is 46.9 Å². The molecule has 4 nitrogen and oxygen atoms in total. The highest BCUT2D eigenvalue weighted by atomic mass is 16.3. The molecule has 0 saturated carbocycles. The average molecular weight is 228 g/mol. The fraction of sp³-hybridized carbons (Fsp3) is 0.917. The summed E-state index contributed by atoms with van der Waals surface area (Å²) >= 11 is 0. The highest BCUT2D eigenvalue weighted by molar-refractivity contribution is 5.54. The van der Waals surface area contributed by atoms with E-state index in [0.717, 1.165) is 38.9 Å². The smallest absolute Gasteiger partial charge is 0.124 e. The lowest BCUT2D eigenvalue weighted by Crippen LogP contribution is -2.15. The van der Waals surface area contributed by atoms with Crippen LogP contribution in [0.2, 0.25) is 0 Å². The van der Waals surface area contributed by atoms with E-state index in [1.807, 2.05) is 7.05 Å². The van der Waals surface area contributed by atoms with Gasteiger partial charge in [0.2, 0.25) is 0 Å². The topological polar surface area (TPSA) is 43.8 Å².